The number of nitrogens with zero attached hydrogens (tertiary/aromatic N) is 3. The molecule has 3 rings (SSSR count). The van der Waals surface area contributed by atoms with Crippen LogP contribution in [0.4, 0.5) is 5.69 Å². The van der Waals surface area contributed by atoms with Crippen LogP contribution >= 0.6 is 0 Å². The summed E-state index contributed by atoms with van der Waals surface area (Å²) in [5.41, 5.74) is 0.425. The van der Waals surface area contributed by atoms with Crippen molar-refractivity contribution in [1.82, 2.24) is 14.8 Å². The Balaban J connectivity index is 1.67. The number of aryl methyl sites for hydroxylation is 1. The van der Waals surface area contributed by atoms with E-state index in [0.717, 1.165) is 0 Å². The number of hydrogen-bond donors (Lipinski definition) is 1. The maximum absolute atomic E-state index is 12.5. The van der Waals surface area contributed by atoms with Crippen molar-refractivity contribution in [1.29, 1.82) is 0 Å². The number of hydrogen-bond acceptors (Lipinski definition) is 6. The Morgan fingerprint density at radius 1 is 1.41 bits per heavy atom. The SMILES string of the molecule is CCC1C(=O)NCCN1C(=O)CCCn1c(=O)oc2cc([N+](=O)[O-])ccc21. The number of amides is 2. The Bertz CT molecular complexity index is 947. The largest absolute Gasteiger partial charge is 0.419 e. The quantitative estimate of drug-likeness (QED) is 0.592. The van der Waals surface area contributed by atoms with Crippen molar-refractivity contribution in [3.63, 3.8) is 0 Å². The number of nitro benzene ring substituents is 1. The van der Waals surface area contributed by atoms with Gasteiger partial charge in [0.25, 0.3) is 5.69 Å². The number of aromatic nitrogens is 1. The van der Waals surface area contributed by atoms with Crippen LogP contribution in [0.3, 0.4) is 0 Å². The zero-order chi connectivity index (χ0) is 19.6. The van der Waals surface area contributed by atoms with Crippen LogP contribution in [0.2, 0.25) is 0 Å². The van der Waals surface area contributed by atoms with Crippen molar-refractivity contribution in [3.05, 3.63) is 38.9 Å². The second kappa shape index (κ2) is 7.60. The standard InChI is InChI=1S/C17H20N4O6/c1-2-12-16(23)18-7-9-19(12)15(22)4-3-8-20-13-6-5-11(21(25)26)10-14(13)27-17(20)24/h5-6,10,12H,2-4,7-9H2,1H3,(H,18,23). The van der Waals surface area contributed by atoms with Crippen LogP contribution in [0, 0.1) is 10.1 Å². The molecule has 1 saturated heterocycles. The van der Waals surface area contributed by atoms with E-state index in [1.807, 2.05) is 6.92 Å². The number of nitrogens with one attached hydrogen (secondary N) is 1. The number of piperazine rings is 1. The van der Waals surface area contributed by atoms with Gasteiger partial charge in [0.2, 0.25) is 11.8 Å². The highest BCUT2D eigenvalue weighted by Gasteiger charge is 2.31. The van der Waals surface area contributed by atoms with Gasteiger partial charge in [-0.05, 0) is 18.9 Å². The van der Waals surface area contributed by atoms with Gasteiger partial charge in [0.15, 0.2) is 5.58 Å². The first kappa shape index (κ1) is 18.6. The first-order valence-corrected chi connectivity index (χ1v) is 8.77. The van der Waals surface area contributed by atoms with E-state index in [9.17, 15) is 24.5 Å². The van der Waals surface area contributed by atoms with Crippen molar-refractivity contribution in [3.8, 4) is 0 Å². The summed E-state index contributed by atoms with van der Waals surface area (Å²) in [6, 6.07) is 3.51. The van der Waals surface area contributed by atoms with Crippen LogP contribution in [-0.2, 0) is 16.1 Å². The molecule has 1 aromatic carbocycles. The summed E-state index contributed by atoms with van der Waals surface area (Å²) in [6.45, 7) is 3.01. The third kappa shape index (κ3) is 3.69. The normalized spacial score (nSPS) is 17.1. The van der Waals surface area contributed by atoms with Crippen molar-refractivity contribution < 1.29 is 18.9 Å². The van der Waals surface area contributed by atoms with Crippen LogP contribution < -0.4 is 11.1 Å². The first-order valence-electron chi connectivity index (χ1n) is 8.77. The van der Waals surface area contributed by atoms with Gasteiger partial charge in [-0.3, -0.25) is 24.3 Å². The molecule has 0 spiro atoms. The summed E-state index contributed by atoms with van der Waals surface area (Å²) in [7, 11) is 0. The molecule has 144 valence electrons. The van der Waals surface area contributed by atoms with Crippen LogP contribution in [0.5, 0.6) is 0 Å². The second-order valence-corrected chi connectivity index (χ2v) is 6.33. The number of benzene rings is 1. The highest BCUT2D eigenvalue weighted by atomic mass is 16.6. The van der Waals surface area contributed by atoms with Gasteiger partial charge in [0.1, 0.15) is 6.04 Å². The fourth-order valence-corrected chi connectivity index (χ4v) is 3.33. The van der Waals surface area contributed by atoms with Crippen molar-refractivity contribution in [2.24, 2.45) is 0 Å². The van der Waals surface area contributed by atoms with Gasteiger partial charge in [0.05, 0.1) is 16.5 Å². The zero-order valence-corrected chi connectivity index (χ0v) is 14.8. The Labute approximate surface area is 153 Å². The average Bonchev–Trinajstić information content (AvgIpc) is 2.96. The van der Waals surface area contributed by atoms with Gasteiger partial charge >= 0.3 is 5.76 Å². The molecule has 1 unspecified atom stereocenters. The highest BCUT2D eigenvalue weighted by Crippen LogP contribution is 2.20. The van der Waals surface area contributed by atoms with Gasteiger partial charge in [-0.15, -0.1) is 0 Å². The van der Waals surface area contributed by atoms with E-state index in [1.165, 1.54) is 22.8 Å². The van der Waals surface area contributed by atoms with Crippen LogP contribution in [0.25, 0.3) is 11.1 Å². The summed E-state index contributed by atoms with van der Waals surface area (Å²) in [4.78, 5) is 48.2. The highest BCUT2D eigenvalue weighted by molar-refractivity contribution is 5.88. The molecule has 2 heterocycles. The molecule has 2 amide bonds. The van der Waals surface area contributed by atoms with E-state index in [-0.39, 0.29) is 36.1 Å². The lowest BCUT2D eigenvalue weighted by atomic mass is 10.1. The van der Waals surface area contributed by atoms with Gasteiger partial charge in [0, 0.05) is 32.1 Å². The Hall–Kier alpha value is -3.17. The summed E-state index contributed by atoms with van der Waals surface area (Å²) in [6.07, 6.45) is 1.12. The number of fused-ring (bicyclic) bond motifs is 1. The summed E-state index contributed by atoms with van der Waals surface area (Å²) >= 11 is 0. The van der Waals surface area contributed by atoms with Crippen molar-refractivity contribution in [2.45, 2.75) is 38.8 Å². The maximum Gasteiger partial charge on any atom is 0.419 e. The molecule has 10 heteroatoms. The minimum Gasteiger partial charge on any atom is -0.407 e. The molecule has 0 aliphatic carbocycles. The number of carbonyl (C=O) groups excluding carboxylic acids is 2. The minimum atomic E-state index is -0.623. The maximum atomic E-state index is 12.5. The molecule has 1 atom stereocenters. The first-order chi connectivity index (χ1) is 12.9. The predicted molar refractivity (Wildman–Crippen MR) is 95.2 cm³/mol. The van der Waals surface area contributed by atoms with Crippen LogP contribution in [-0.4, -0.2) is 45.3 Å². The topological polar surface area (TPSA) is 128 Å². The smallest absolute Gasteiger partial charge is 0.407 e. The van der Waals surface area contributed by atoms with E-state index in [4.69, 9.17) is 4.42 Å². The van der Waals surface area contributed by atoms with Crippen molar-refractivity contribution in [2.75, 3.05) is 13.1 Å². The molecule has 0 bridgehead atoms. The lowest BCUT2D eigenvalue weighted by Crippen LogP contribution is -2.56. The second-order valence-electron chi connectivity index (χ2n) is 6.33. The number of rotatable bonds is 6. The van der Waals surface area contributed by atoms with E-state index in [1.54, 1.807) is 4.90 Å². The van der Waals surface area contributed by atoms with Crippen LogP contribution in [0.15, 0.2) is 27.4 Å². The molecular formula is C17H20N4O6. The summed E-state index contributed by atoms with van der Waals surface area (Å²) < 4.78 is 6.42. The molecule has 1 aliphatic heterocycles. The van der Waals surface area contributed by atoms with Gasteiger partial charge in [-0.1, -0.05) is 6.92 Å². The molecular weight excluding hydrogens is 356 g/mol. The third-order valence-electron chi connectivity index (χ3n) is 4.67. The minimum absolute atomic E-state index is 0.131. The molecule has 1 aromatic heterocycles. The molecule has 2 aromatic rings. The third-order valence-corrected chi connectivity index (χ3v) is 4.67. The fraction of sp³-hybridized carbons (Fsp3) is 0.471. The molecule has 10 nitrogen and oxygen atoms in total. The monoisotopic (exact) mass is 376 g/mol. The zero-order valence-electron chi connectivity index (χ0n) is 14.8. The fourth-order valence-electron chi connectivity index (χ4n) is 3.33. The average molecular weight is 376 g/mol. The van der Waals surface area contributed by atoms with E-state index < -0.39 is 16.7 Å². The molecule has 0 saturated carbocycles. The predicted octanol–water partition coefficient (Wildman–Crippen LogP) is 1.02. The van der Waals surface area contributed by atoms with Crippen LogP contribution in [0.1, 0.15) is 26.2 Å². The summed E-state index contributed by atoms with van der Waals surface area (Å²) in [5, 5.41) is 13.6. The summed E-state index contributed by atoms with van der Waals surface area (Å²) in [5.74, 6) is -0.898. The number of nitro groups is 1. The lowest BCUT2D eigenvalue weighted by Gasteiger charge is -2.34. The van der Waals surface area contributed by atoms with E-state index in [0.29, 0.717) is 31.4 Å². The van der Waals surface area contributed by atoms with Gasteiger partial charge in [-0.2, -0.15) is 0 Å². The number of carbonyl (C=O) groups is 2. The van der Waals surface area contributed by atoms with Crippen molar-refractivity contribution >= 4 is 28.6 Å². The van der Waals surface area contributed by atoms with Gasteiger partial charge < -0.3 is 14.6 Å². The molecule has 0 radical (unpaired) electrons. The Kier molecular flexibility index (Phi) is 5.24. The Morgan fingerprint density at radius 2 is 2.19 bits per heavy atom. The lowest BCUT2D eigenvalue weighted by molar-refractivity contribution is -0.384. The molecule has 27 heavy (non-hydrogen) atoms. The number of oxazole rings is 1. The van der Waals surface area contributed by atoms with E-state index in [2.05, 4.69) is 5.32 Å². The molecule has 1 aliphatic rings. The molecule has 1 N–H and O–H groups in total. The van der Waals surface area contributed by atoms with Gasteiger partial charge in [-0.25, -0.2) is 4.79 Å². The number of non-ortho nitro benzene ring substituents is 1. The van der Waals surface area contributed by atoms with E-state index >= 15 is 0 Å². The molecule has 1 fully saturated rings. The Morgan fingerprint density at radius 3 is 2.89 bits per heavy atom.